The molecule has 0 amide bonds. The van der Waals surface area contributed by atoms with Crippen molar-refractivity contribution in [3.05, 3.63) is 135 Å². The summed E-state index contributed by atoms with van der Waals surface area (Å²) in [5.74, 6) is -1.34. The summed E-state index contributed by atoms with van der Waals surface area (Å²) in [6.45, 7) is 23.4. The number of carbonyl (C=O) groups excluding carboxylic acids is 3. The normalized spacial score (nSPS) is 35.3. The first-order chi connectivity index (χ1) is 38.7. The molecule has 0 saturated heterocycles. The van der Waals surface area contributed by atoms with Gasteiger partial charge in [-0.15, -0.1) is 24.0 Å². The summed E-state index contributed by atoms with van der Waals surface area (Å²) in [6, 6.07) is 17.2. The smallest absolute Gasteiger partial charge is 0.345 e. The molecule has 6 aliphatic rings. The Balaban J connectivity index is 0.000000203. The number of pyridine rings is 2. The summed E-state index contributed by atoms with van der Waals surface area (Å²) >= 11 is 0. The van der Waals surface area contributed by atoms with Crippen LogP contribution in [-0.4, -0.2) is 79.8 Å². The molecule has 16 atom stereocenters. The molecular weight excluding hydrogens is 1180 g/mol. The third kappa shape index (κ3) is 10.3. The van der Waals surface area contributed by atoms with Crippen LogP contribution in [0.1, 0.15) is 147 Å². The van der Waals surface area contributed by atoms with Gasteiger partial charge in [-0.2, -0.15) is 0 Å². The van der Waals surface area contributed by atoms with Crippen LogP contribution in [0.25, 0.3) is 28.7 Å². The minimum atomic E-state index is -1.28. The molecule has 4 aliphatic carbocycles. The molecule has 11 rings (SSSR count). The second-order valence-electron chi connectivity index (χ2n) is 25.5. The standard InChI is InChI=1S/C37H41NO8.C28H35NO7.HI/c1-7-23-10-12-24(13-11-23)33(41)45-29-18-28-35(4,15-14-21(2)36(28,5)20-43-22(3)39)32-31(40)30-27(46-37(29,32)6)17-26(44-34(30)42)25-9-8-16-38-19-25;1-15-8-9-26(3)20(27(15,4)14-34-16(2)30)12-21(31)28(5)24(26)23(32)22-19(36-28)11-18(35-25(22)33)17-7-6-10-29-13-17;/h7-13,16-17,19,21,28-29,31-32,40H,1,14-15,18,20H2,2-6H3;6-7,10-11,13,15,20-21,23-24,31-32H,8-9,12,14H2,1-5H3;1H/t21-,28?,29-,31-,32?,35-,36-,37+;15-,20?,21-,23-,24?,26-,27-,28+;/m00./s1. The summed E-state index contributed by atoms with van der Waals surface area (Å²) in [5.41, 5.74) is -3.13. The largest absolute Gasteiger partial charge is 0.484 e. The highest BCUT2D eigenvalue weighted by Gasteiger charge is 2.71. The first-order valence-electron chi connectivity index (χ1n) is 28.5. The average molecular weight is 1250 g/mol. The number of rotatable bonds is 9. The van der Waals surface area contributed by atoms with E-state index in [1.54, 1.807) is 91.5 Å². The number of aromatic nitrogens is 2. The minimum absolute atomic E-state index is 0. The van der Waals surface area contributed by atoms with E-state index in [4.69, 9.17) is 32.5 Å². The number of fused-ring (bicyclic) bond motifs is 8. The predicted octanol–water partition coefficient (Wildman–Crippen LogP) is 10.9. The fourth-order valence-electron chi connectivity index (χ4n) is 16.2. The van der Waals surface area contributed by atoms with Gasteiger partial charge < -0.3 is 47.8 Å². The molecule has 1 aromatic carbocycles. The Kier molecular flexibility index (Phi) is 16.7. The van der Waals surface area contributed by atoms with Gasteiger partial charge in [0, 0.05) is 84.6 Å². The van der Waals surface area contributed by atoms with Crippen molar-refractivity contribution in [2.45, 2.75) is 143 Å². The Hall–Kier alpha value is -6.22. The number of hydrogen-bond acceptors (Lipinski definition) is 17. The summed E-state index contributed by atoms with van der Waals surface area (Å²) in [6.07, 6.45) is 7.95. The van der Waals surface area contributed by atoms with Crippen LogP contribution < -0.4 is 20.7 Å². The average Bonchev–Trinajstić information content (AvgIpc) is 1.42. The summed E-state index contributed by atoms with van der Waals surface area (Å²) in [4.78, 5) is 72.4. The van der Waals surface area contributed by atoms with Gasteiger partial charge >= 0.3 is 29.2 Å². The van der Waals surface area contributed by atoms with Crippen molar-refractivity contribution in [2.75, 3.05) is 13.2 Å². The molecule has 3 N–H and O–H groups in total. The minimum Gasteiger partial charge on any atom is -0.484 e. The summed E-state index contributed by atoms with van der Waals surface area (Å²) < 4.78 is 42.2. The van der Waals surface area contributed by atoms with Crippen LogP contribution in [0, 0.1) is 57.2 Å². The third-order valence-corrected chi connectivity index (χ3v) is 21.0. The van der Waals surface area contributed by atoms with E-state index in [2.05, 4.69) is 58.1 Å². The van der Waals surface area contributed by atoms with E-state index in [9.17, 15) is 39.3 Å². The van der Waals surface area contributed by atoms with Crippen LogP contribution in [0.5, 0.6) is 11.5 Å². The van der Waals surface area contributed by atoms with Crippen LogP contribution in [0.15, 0.2) is 110 Å². The monoisotopic (exact) mass is 1250 g/mol. The Morgan fingerprint density at radius 2 is 1.12 bits per heavy atom. The van der Waals surface area contributed by atoms with Gasteiger partial charge in [0.1, 0.15) is 51.5 Å². The lowest BCUT2D eigenvalue weighted by atomic mass is 9.41. The zero-order chi connectivity index (χ0) is 59.1. The molecule has 17 nitrogen and oxygen atoms in total. The maximum absolute atomic E-state index is 13.7. The van der Waals surface area contributed by atoms with Crippen molar-refractivity contribution in [3.63, 3.8) is 0 Å². The van der Waals surface area contributed by atoms with Crippen LogP contribution in [0.2, 0.25) is 0 Å². The molecule has 0 spiro atoms. The van der Waals surface area contributed by atoms with Gasteiger partial charge in [0.25, 0.3) is 0 Å². The molecule has 2 aliphatic heterocycles. The van der Waals surface area contributed by atoms with Crippen LogP contribution in [0.4, 0.5) is 0 Å². The number of nitrogens with zero attached hydrogens (tertiary/aromatic N) is 2. The maximum atomic E-state index is 13.7. The van der Waals surface area contributed by atoms with Crippen LogP contribution in [-0.2, 0) is 23.8 Å². The molecule has 83 heavy (non-hydrogen) atoms. The van der Waals surface area contributed by atoms with Crippen molar-refractivity contribution in [1.82, 2.24) is 9.97 Å². The highest BCUT2D eigenvalue weighted by molar-refractivity contribution is 14.0. The van der Waals surface area contributed by atoms with Gasteiger partial charge in [0.15, 0.2) is 0 Å². The lowest BCUT2D eigenvalue weighted by molar-refractivity contribution is -0.257. The van der Waals surface area contributed by atoms with Crippen molar-refractivity contribution in [2.24, 2.45) is 57.2 Å². The zero-order valence-corrected chi connectivity index (χ0v) is 51.2. The van der Waals surface area contributed by atoms with Gasteiger partial charge in [-0.05, 0) is 129 Å². The van der Waals surface area contributed by atoms with Gasteiger partial charge in [0.2, 0.25) is 0 Å². The highest BCUT2D eigenvalue weighted by atomic mass is 127. The van der Waals surface area contributed by atoms with Gasteiger partial charge in [0.05, 0.1) is 37.1 Å². The van der Waals surface area contributed by atoms with Crippen LogP contribution >= 0.6 is 24.0 Å². The molecule has 4 aromatic heterocycles. The van der Waals surface area contributed by atoms with Gasteiger partial charge in [-0.3, -0.25) is 19.6 Å². The lowest BCUT2D eigenvalue weighted by Gasteiger charge is -2.66. The Morgan fingerprint density at radius 1 is 0.675 bits per heavy atom. The van der Waals surface area contributed by atoms with E-state index < -0.39 is 86.3 Å². The molecule has 6 heterocycles. The molecule has 18 heteroatoms. The summed E-state index contributed by atoms with van der Waals surface area (Å²) in [5, 5.41) is 35.6. The Bertz CT molecular complexity index is 3390. The summed E-state index contributed by atoms with van der Waals surface area (Å²) in [7, 11) is 0. The van der Waals surface area contributed by atoms with Gasteiger partial charge in [-0.25, -0.2) is 14.4 Å². The number of carbonyl (C=O) groups is 3. The Labute approximate surface area is 500 Å². The number of aliphatic hydroxyl groups is 3. The number of esters is 3. The maximum Gasteiger partial charge on any atom is 0.345 e. The number of hydrogen-bond donors (Lipinski definition) is 3. The molecule has 4 saturated carbocycles. The number of ether oxygens (including phenoxy) is 5. The second kappa shape index (κ2) is 22.7. The van der Waals surface area contributed by atoms with E-state index in [1.165, 1.54) is 13.8 Å². The van der Waals surface area contributed by atoms with Crippen LogP contribution in [0.3, 0.4) is 0 Å². The van der Waals surface area contributed by atoms with Crippen molar-refractivity contribution in [1.29, 1.82) is 0 Å². The molecule has 0 radical (unpaired) electrons. The predicted molar refractivity (Wildman–Crippen MR) is 317 cm³/mol. The van der Waals surface area contributed by atoms with E-state index in [1.807, 2.05) is 13.8 Å². The lowest BCUT2D eigenvalue weighted by Crippen LogP contribution is -2.70. The molecule has 5 aromatic rings. The molecule has 444 valence electrons. The molecule has 4 fully saturated rings. The van der Waals surface area contributed by atoms with Crippen molar-refractivity contribution in [3.8, 4) is 34.1 Å². The van der Waals surface area contributed by atoms with Gasteiger partial charge in [-0.1, -0.05) is 66.3 Å². The molecular formula is C65H77IN2O15. The SMILES string of the molecule is C=Cc1ccc(C(=O)O[C@H]2CC3[C@](C)(CC[C@H](C)[C@]3(C)COC(C)=O)C3[C@@H](O)c4c(cc(-c5cccnc5)oc4=O)O[C@@]32C)cc1.CC(=O)OC[C@]1(C)C2C[C@H](O)[C@@]3(C)Oc4cc(-c5cccnc5)oc(=O)c4[C@H](O)C3[C@@]2(C)CC[C@@H]1C.I. The van der Waals surface area contributed by atoms with E-state index in [0.717, 1.165) is 31.2 Å². The zero-order valence-electron chi connectivity index (χ0n) is 48.8. The topological polar surface area (TPSA) is 244 Å². The highest BCUT2D eigenvalue weighted by Crippen LogP contribution is 2.70. The third-order valence-electron chi connectivity index (χ3n) is 21.0. The van der Waals surface area contributed by atoms with E-state index in [-0.39, 0.29) is 107 Å². The number of benzene rings is 1. The van der Waals surface area contributed by atoms with E-state index >= 15 is 0 Å². The first-order valence-corrected chi connectivity index (χ1v) is 28.5. The Morgan fingerprint density at radius 3 is 1.55 bits per heavy atom. The number of aliphatic hydroxyl groups excluding tert-OH is 3. The van der Waals surface area contributed by atoms with Crippen molar-refractivity contribution < 1.29 is 62.2 Å². The van der Waals surface area contributed by atoms with E-state index in [0.29, 0.717) is 29.5 Å². The molecule has 4 unspecified atom stereocenters. The molecule has 0 bridgehead atoms. The first kappa shape index (κ1) is 61.3. The fourth-order valence-corrected chi connectivity index (χ4v) is 16.2. The van der Waals surface area contributed by atoms with Crippen molar-refractivity contribution >= 4 is 48.0 Å². The number of halogens is 1. The second-order valence-corrected chi connectivity index (χ2v) is 25.5. The fraction of sp³-hybridized carbons (Fsp3) is 0.523. The quantitative estimate of drug-likeness (QED) is 0.0705.